The third kappa shape index (κ3) is 5.15. The molecule has 1 aromatic rings. The third-order valence-electron chi connectivity index (χ3n) is 3.39. The summed E-state index contributed by atoms with van der Waals surface area (Å²) in [5.74, 6) is 1.87. The molecule has 0 aromatic carbocycles. The fraction of sp³-hybridized carbons (Fsp3) is 0.750. The highest BCUT2D eigenvalue weighted by Gasteiger charge is 2.21. The molecule has 5 heteroatoms. The van der Waals surface area contributed by atoms with Crippen molar-refractivity contribution in [2.45, 2.75) is 62.6 Å². The number of ether oxygens (including phenoxy) is 1. The Hall–Kier alpha value is -0.810. The largest absolute Gasteiger partial charge is 0.381 e. The molecule has 118 valence electrons. The molecule has 1 aliphatic heterocycles. The summed E-state index contributed by atoms with van der Waals surface area (Å²) in [7, 11) is 0. The maximum atomic E-state index is 5.43. The van der Waals surface area contributed by atoms with E-state index in [2.05, 4.69) is 44.1 Å². The predicted molar refractivity (Wildman–Crippen MR) is 89.2 cm³/mol. The van der Waals surface area contributed by atoms with Crippen molar-refractivity contribution in [2.75, 3.05) is 25.1 Å². The Morgan fingerprint density at radius 3 is 2.62 bits per heavy atom. The van der Waals surface area contributed by atoms with Crippen LogP contribution in [-0.2, 0) is 10.2 Å². The van der Waals surface area contributed by atoms with E-state index in [-0.39, 0.29) is 5.41 Å². The van der Waals surface area contributed by atoms with Crippen LogP contribution in [0.2, 0.25) is 0 Å². The van der Waals surface area contributed by atoms with Gasteiger partial charge >= 0.3 is 0 Å². The normalized spacial score (nSPS) is 17.0. The standard InChI is InChI=1S/C16H27N3OS/c1-5-8-17-13-11-14(19-15(18-13)16(2,3)4)21-12-6-9-20-10-7-12/h11-12H,5-10H2,1-4H3,(H,17,18,19). The van der Waals surface area contributed by atoms with E-state index >= 15 is 0 Å². The van der Waals surface area contributed by atoms with Crippen LogP contribution in [0.3, 0.4) is 0 Å². The van der Waals surface area contributed by atoms with E-state index in [0.29, 0.717) is 5.25 Å². The molecular weight excluding hydrogens is 282 g/mol. The molecule has 2 heterocycles. The Kier molecular flexibility index (Phi) is 5.88. The molecular formula is C16H27N3OS. The Morgan fingerprint density at radius 2 is 2.00 bits per heavy atom. The molecule has 1 N–H and O–H groups in total. The van der Waals surface area contributed by atoms with Gasteiger partial charge in [-0.1, -0.05) is 27.7 Å². The molecule has 1 aliphatic rings. The molecule has 21 heavy (non-hydrogen) atoms. The smallest absolute Gasteiger partial charge is 0.137 e. The fourth-order valence-corrected chi connectivity index (χ4v) is 3.22. The average Bonchev–Trinajstić information content (AvgIpc) is 2.45. The van der Waals surface area contributed by atoms with Gasteiger partial charge in [0.25, 0.3) is 0 Å². The van der Waals surface area contributed by atoms with Gasteiger partial charge in [-0.2, -0.15) is 0 Å². The zero-order valence-corrected chi connectivity index (χ0v) is 14.4. The Morgan fingerprint density at radius 1 is 1.29 bits per heavy atom. The lowest BCUT2D eigenvalue weighted by molar-refractivity contribution is 0.1000. The second-order valence-corrected chi connectivity index (χ2v) is 7.84. The molecule has 0 radical (unpaired) electrons. The number of hydrogen-bond donors (Lipinski definition) is 1. The van der Waals surface area contributed by atoms with Gasteiger partial charge in [0.15, 0.2) is 0 Å². The van der Waals surface area contributed by atoms with Gasteiger partial charge in [0, 0.05) is 36.5 Å². The summed E-state index contributed by atoms with van der Waals surface area (Å²) in [4.78, 5) is 9.45. The molecule has 0 saturated carbocycles. The highest BCUT2D eigenvalue weighted by molar-refractivity contribution is 7.99. The van der Waals surface area contributed by atoms with Crippen molar-refractivity contribution >= 4 is 17.6 Å². The minimum atomic E-state index is -0.0328. The van der Waals surface area contributed by atoms with Crippen molar-refractivity contribution in [1.82, 2.24) is 9.97 Å². The maximum absolute atomic E-state index is 5.43. The van der Waals surface area contributed by atoms with Crippen LogP contribution in [0.4, 0.5) is 5.82 Å². The van der Waals surface area contributed by atoms with Crippen molar-refractivity contribution in [3.8, 4) is 0 Å². The molecule has 0 bridgehead atoms. The van der Waals surface area contributed by atoms with Crippen molar-refractivity contribution in [3.63, 3.8) is 0 Å². The molecule has 2 rings (SSSR count). The van der Waals surface area contributed by atoms with Crippen molar-refractivity contribution in [1.29, 1.82) is 0 Å². The highest BCUT2D eigenvalue weighted by Crippen LogP contribution is 2.31. The van der Waals surface area contributed by atoms with E-state index in [4.69, 9.17) is 9.72 Å². The average molecular weight is 309 g/mol. The number of nitrogens with zero attached hydrogens (tertiary/aromatic N) is 2. The third-order valence-corrected chi connectivity index (χ3v) is 4.64. The molecule has 0 unspecified atom stereocenters. The quantitative estimate of drug-likeness (QED) is 0.837. The van der Waals surface area contributed by atoms with E-state index in [0.717, 1.165) is 55.7 Å². The summed E-state index contributed by atoms with van der Waals surface area (Å²) in [5, 5.41) is 5.09. The van der Waals surface area contributed by atoms with Crippen molar-refractivity contribution in [2.24, 2.45) is 0 Å². The maximum Gasteiger partial charge on any atom is 0.137 e. The van der Waals surface area contributed by atoms with Crippen LogP contribution in [0, 0.1) is 0 Å². The summed E-state index contributed by atoms with van der Waals surface area (Å²) >= 11 is 1.87. The zero-order valence-electron chi connectivity index (χ0n) is 13.6. The number of anilines is 1. The minimum Gasteiger partial charge on any atom is -0.381 e. The lowest BCUT2D eigenvalue weighted by atomic mass is 9.96. The first-order valence-electron chi connectivity index (χ1n) is 7.87. The predicted octanol–water partition coefficient (Wildman–Crippen LogP) is 3.87. The molecule has 1 saturated heterocycles. The van der Waals surface area contributed by atoms with Crippen LogP contribution in [0.25, 0.3) is 0 Å². The van der Waals surface area contributed by atoms with E-state index in [1.165, 1.54) is 0 Å². The lowest BCUT2D eigenvalue weighted by Crippen LogP contribution is -2.20. The molecule has 0 aliphatic carbocycles. The first kappa shape index (κ1) is 16.6. The second-order valence-electron chi connectivity index (χ2n) is 6.52. The Balaban J connectivity index is 2.17. The van der Waals surface area contributed by atoms with Crippen LogP contribution >= 0.6 is 11.8 Å². The molecule has 0 amide bonds. The van der Waals surface area contributed by atoms with Gasteiger partial charge in [0.2, 0.25) is 0 Å². The number of thioether (sulfide) groups is 1. The zero-order chi connectivity index (χ0) is 15.3. The van der Waals surface area contributed by atoms with Crippen molar-refractivity contribution in [3.05, 3.63) is 11.9 Å². The summed E-state index contributed by atoms with van der Waals surface area (Å²) in [6.45, 7) is 11.3. The number of rotatable bonds is 5. The van der Waals surface area contributed by atoms with Crippen LogP contribution < -0.4 is 5.32 Å². The monoisotopic (exact) mass is 309 g/mol. The van der Waals surface area contributed by atoms with Crippen molar-refractivity contribution < 1.29 is 4.74 Å². The second kappa shape index (κ2) is 7.45. The van der Waals surface area contributed by atoms with Gasteiger partial charge in [0.05, 0.1) is 0 Å². The van der Waals surface area contributed by atoms with Gasteiger partial charge in [-0.05, 0) is 19.3 Å². The summed E-state index contributed by atoms with van der Waals surface area (Å²) in [6, 6.07) is 2.09. The summed E-state index contributed by atoms with van der Waals surface area (Å²) in [6.07, 6.45) is 3.31. The molecule has 1 aromatic heterocycles. The summed E-state index contributed by atoms with van der Waals surface area (Å²) in [5.41, 5.74) is -0.0328. The topological polar surface area (TPSA) is 47.0 Å². The van der Waals surface area contributed by atoms with Gasteiger partial charge < -0.3 is 10.1 Å². The number of aromatic nitrogens is 2. The first-order valence-corrected chi connectivity index (χ1v) is 8.75. The number of nitrogens with one attached hydrogen (secondary N) is 1. The van der Waals surface area contributed by atoms with Gasteiger partial charge in [-0.3, -0.25) is 0 Å². The van der Waals surface area contributed by atoms with Gasteiger partial charge in [0.1, 0.15) is 16.7 Å². The Labute approximate surface area is 132 Å². The van der Waals surface area contributed by atoms with Crippen LogP contribution in [0.15, 0.2) is 11.1 Å². The minimum absolute atomic E-state index is 0.0328. The van der Waals surface area contributed by atoms with Crippen LogP contribution in [0.1, 0.15) is 52.8 Å². The number of hydrogen-bond acceptors (Lipinski definition) is 5. The van der Waals surface area contributed by atoms with E-state index in [1.54, 1.807) is 0 Å². The van der Waals surface area contributed by atoms with Crippen LogP contribution in [0.5, 0.6) is 0 Å². The van der Waals surface area contributed by atoms with Gasteiger partial charge in [-0.15, -0.1) is 11.8 Å². The van der Waals surface area contributed by atoms with E-state index in [1.807, 2.05) is 11.8 Å². The Bertz CT molecular complexity index is 453. The SMILES string of the molecule is CCCNc1cc(SC2CCOCC2)nc(C(C)(C)C)n1. The van der Waals surface area contributed by atoms with E-state index < -0.39 is 0 Å². The molecule has 0 spiro atoms. The molecule has 4 nitrogen and oxygen atoms in total. The highest BCUT2D eigenvalue weighted by atomic mass is 32.2. The summed E-state index contributed by atoms with van der Waals surface area (Å²) < 4.78 is 5.43. The molecule has 0 atom stereocenters. The lowest BCUT2D eigenvalue weighted by Gasteiger charge is -2.23. The molecule has 1 fully saturated rings. The van der Waals surface area contributed by atoms with Crippen LogP contribution in [-0.4, -0.2) is 35.0 Å². The fourth-order valence-electron chi connectivity index (χ4n) is 2.13. The van der Waals surface area contributed by atoms with E-state index in [9.17, 15) is 0 Å². The van der Waals surface area contributed by atoms with Gasteiger partial charge in [-0.25, -0.2) is 9.97 Å². The first-order chi connectivity index (χ1) is 9.99.